The standard InChI is InChI=1S/C21H17F2N/c1-2-3-4-14-5-9-18-15(11-14)8-10-19(21(18)23)16-6-7-17(13-24)20(22)12-16/h5-12H,2-4H2,1H3. The van der Waals surface area contributed by atoms with Gasteiger partial charge in [-0.25, -0.2) is 8.78 Å². The molecular formula is C21H17F2N. The molecule has 3 heteroatoms. The van der Waals surface area contributed by atoms with Crippen LogP contribution in [-0.2, 0) is 6.42 Å². The number of nitriles is 1. The molecule has 120 valence electrons. The summed E-state index contributed by atoms with van der Waals surface area (Å²) in [6.07, 6.45) is 3.21. The molecule has 0 saturated carbocycles. The second-order valence-electron chi connectivity index (χ2n) is 5.89. The fourth-order valence-electron chi connectivity index (χ4n) is 2.87. The third-order valence-electron chi connectivity index (χ3n) is 4.24. The van der Waals surface area contributed by atoms with E-state index in [0.717, 1.165) is 24.6 Å². The number of aryl methyl sites for hydroxylation is 1. The van der Waals surface area contributed by atoms with Crippen molar-refractivity contribution in [2.24, 2.45) is 0 Å². The zero-order valence-electron chi connectivity index (χ0n) is 13.4. The van der Waals surface area contributed by atoms with Crippen molar-refractivity contribution in [3.63, 3.8) is 0 Å². The van der Waals surface area contributed by atoms with E-state index in [2.05, 4.69) is 6.92 Å². The molecule has 0 unspecified atom stereocenters. The number of hydrogen-bond acceptors (Lipinski definition) is 1. The van der Waals surface area contributed by atoms with Crippen molar-refractivity contribution >= 4 is 10.8 Å². The average molecular weight is 321 g/mol. The van der Waals surface area contributed by atoms with Crippen LogP contribution in [-0.4, -0.2) is 0 Å². The summed E-state index contributed by atoms with van der Waals surface area (Å²) in [6, 6.07) is 15.2. The van der Waals surface area contributed by atoms with Crippen LogP contribution in [0.1, 0.15) is 30.9 Å². The van der Waals surface area contributed by atoms with Crippen LogP contribution in [0, 0.1) is 23.0 Å². The van der Waals surface area contributed by atoms with E-state index in [9.17, 15) is 8.78 Å². The van der Waals surface area contributed by atoms with Crippen molar-refractivity contribution in [3.05, 3.63) is 71.3 Å². The maximum atomic E-state index is 14.9. The van der Waals surface area contributed by atoms with Gasteiger partial charge in [0.1, 0.15) is 17.7 Å². The van der Waals surface area contributed by atoms with Crippen molar-refractivity contribution in [2.45, 2.75) is 26.2 Å². The highest BCUT2D eigenvalue weighted by atomic mass is 19.1. The molecule has 0 amide bonds. The molecule has 0 aliphatic heterocycles. The van der Waals surface area contributed by atoms with E-state index in [4.69, 9.17) is 5.26 Å². The van der Waals surface area contributed by atoms with Gasteiger partial charge in [0.15, 0.2) is 0 Å². The lowest BCUT2D eigenvalue weighted by Gasteiger charge is -2.09. The van der Waals surface area contributed by atoms with Gasteiger partial charge in [-0.2, -0.15) is 5.26 Å². The molecule has 0 heterocycles. The van der Waals surface area contributed by atoms with Gasteiger partial charge in [0, 0.05) is 10.9 Å². The molecule has 3 aromatic carbocycles. The Balaban J connectivity index is 2.06. The predicted molar refractivity (Wildman–Crippen MR) is 92.6 cm³/mol. The van der Waals surface area contributed by atoms with Gasteiger partial charge in [0.25, 0.3) is 0 Å². The van der Waals surface area contributed by atoms with Crippen LogP contribution >= 0.6 is 0 Å². The molecule has 1 nitrogen and oxygen atoms in total. The number of hydrogen-bond donors (Lipinski definition) is 0. The molecular weight excluding hydrogens is 304 g/mol. The van der Waals surface area contributed by atoms with Crippen molar-refractivity contribution in [1.29, 1.82) is 5.26 Å². The minimum atomic E-state index is -0.635. The summed E-state index contributed by atoms with van der Waals surface area (Å²) in [5.74, 6) is -0.997. The van der Waals surface area contributed by atoms with Crippen LogP contribution in [0.5, 0.6) is 0 Å². The van der Waals surface area contributed by atoms with Crippen molar-refractivity contribution in [3.8, 4) is 17.2 Å². The monoisotopic (exact) mass is 321 g/mol. The number of fused-ring (bicyclic) bond motifs is 1. The van der Waals surface area contributed by atoms with E-state index in [0.29, 0.717) is 16.5 Å². The lowest BCUT2D eigenvalue weighted by atomic mass is 9.97. The summed E-state index contributed by atoms with van der Waals surface area (Å²) in [4.78, 5) is 0. The Bertz CT molecular complexity index is 938. The van der Waals surface area contributed by atoms with Crippen molar-refractivity contribution < 1.29 is 8.78 Å². The number of nitrogens with zero attached hydrogens (tertiary/aromatic N) is 1. The van der Waals surface area contributed by atoms with E-state index in [1.165, 1.54) is 17.7 Å². The second-order valence-corrected chi connectivity index (χ2v) is 5.89. The minimum absolute atomic E-state index is 0.0412. The Morgan fingerprint density at radius 3 is 2.54 bits per heavy atom. The number of unbranched alkanes of at least 4 members (excludes halogenated alkanes) is 1. The van der Waals surface area contributed by atoms with Gasteiger partial charge in [-0.1, -0.05) is 49.7 Å². The van der Waals surface area contributed by atoms with Gasteiger partial charge < -0.3 is 0 Å². The molecule has 24 heavy (non-hydrogen) atoms. The van der Waals surface area contributed by atoms with Gasteiger partial charge in [-0.15, -0.1) is 0 Å². The van der Waals surface area contributed by atoms with Crippen LogP contribution in [0.4, 0.5) is 8.78 Å². The van der Waals surface area contributed by atoms with Crippen LogP contribution in [0.25, 0.3) is 21.9 Å². The Labute approximate surface area is 140 Å². The minimum Gasteiger partial charge on any atom is -0.206 e. The number of rotatable bonds is 4. The molecule has 0 N–H and O–H groups in total. The van der Waals surface area contributed by atoms with E-state index in [1.807, 2.05) is 18.2 Å². The van der Waals surface area contributed by atoms with Gasteiger partial charge in [-0.3, -0.25) is 0 Å². The third kappa shape index (κ3) is 3.00. The quantitative estimate of drug-likeness (QED) is 0.578. The summed E-state index contributed by atoms with van der Waals surface area (Å²) in [7, 11) is 0. The Kier molecular flexibility index (Phi) is 4.57. The number of benzene rings is 3. The largest absolute Gasteiger partial charge is 0.206 e. The SMILES string of the molecule is CCCCc1ccc2c(F)c(-c3ccc(C#N)c(F)c3)ccc2c1. The average Bonchev–Trinajstić information content (AvgIpc) is 2.60. The van der Waals surface area contributed by atoms with E-state index in [1.54, 1.807) is 24.3 Å². The molecule has 0 aromatic heterocycles. The maximum absolute atomic E-state index is 14.9. The Hall–Kier alpha value is -2.73. The molecule has 3 aromatic rings. The molecule has 0 saturated heterocycles. The first-order valence-corrected chi connectivity index (χ1v) is 8.05. The Morgan fingerprint density at radius 1 is 1.00 bits per heavy atom. The van der Waals surface area contributed by atoms with E-state index >= 15 is 0 Å². The fourth-order valence-corrected chi connectivity index (χ4v) is 2.87. The summed E-state index contributed by atoms with van der Waals surface area (Å²) < 4.78 is 28.7. The molecule has 0 atom stereocenters. The molecule has 0 bridgehead atoms. The lowest BCUT2D eigenvalue weighted by molar-refractivity contribution is 0.623. The summed E-state index contributed by atoms with van der Waals surface area (Å²) in [5, 5.41) is 10.2. The third-order valence-corrected chi connectivity index (χ3v) is 4.24. The van der Waals surface area contributed by atoms with Gasteiger partial charge in [-0.05, 0) is 41.5 Å². The van der Waals surface area contributed by atoms with Crippen molar-refractivity contribution in [2.75, 3.05) is 0 Å². The molecule has 0 spiro atoms. The van der Waals surface area contributed by atoms with Gasteiger partial charge in [0.05, 0.1) is 5.56 Å². The fraction of sp³-hybridized carbons (Fsp3) is 0.190. The van der Waals surface area contributed by atoms with E-state index < -0.39 is 5.82 Å². The van der Waals surface area contributed by atoms with Crippen molar-refractivity contribution in [1.82, 2.24) is 0 Å². The first-order chi connectivity index (χ1) is 11.6. The zero-order valence-corrected chi connectivity index (χ0v) is 13.4. The zero-order chi connectivity index (χ0) is 17.1. The second kappa shape index (κ2) is 6.80. The highest BCUT2D eigenvalue weighted by Crippen LogP contribution is 2.30. The summed E-state index contributed by atoms with van der Waals surface area (Å²) in [5.41, 5.74) is 1.93. The van der Waals surface area contributed by atoms with Crippen LogP contribution < -0.4 is 0 Å². The highest BCUT2D eigenvalue weighted by Gasteiger charge is 2.12. The molecule has 0 fully saturated rings. The molecule has 0 aliphatic carbocycles. The van der Waals surface area contributed by atoms with Crippen LogP contribution in [0.15, 0.2) is 48.5 Å². The summed E-state index contributed by atoms with van der Waals surface area (Å²) in [6.45, 7) is 2.14. The van der Waals surface area contributed by atoms with Crippen LogP contribution in [0.3, 0.4) is 0 Å². The summed E-state index contributed by atoms with van der Waals surface area (Å²) >= 11 is 0. The van der Waals surface area contributed by atoms with Gasteiger partial charge >= 0.3 is 0 Å². The van der Waals surface area contributed by atoms with E-state index in [-0.39, 0.29) is 11.4 Å². The predicted octanol–water partition coefficient (Wildman–Crippen LogP) is 6.00. The first kappa shape index (κ1) is 16.1. The number of halogens is 2. The Morgan fingerprint density at radius 2 is 1.83 bits per heavy atom. The highest BCUT2D eigenvalue weighted by molar-refractivity contribution is 5.88. The van der Waals surface area contributed by atoms with Crippen LogP contribution in [0.2, 0.25) is 0 Å². The molecule has 0 aliphatic rings. The lowest BCUT2D eigenvalue weighted by Crippen LogP contribution is -1.91. The van der Waals surface area contributed by atoms with Gasteiger partial charge in [0.2, 0.25) is 0 Å². The topological polar surface area (TPSA) is 23.8 Å². The molecule has 3 rings (SSSR count). The maximum Gasteiger partial charge on any atom is 0.141 e. The first-order valence-electron chi connectivity index (χ1n) is 8.05. The normalized spacial score (nSPS) is 10.8. The molecule has 0 radical (unpaired) electrons. The smallest absolute Gasteiger partial charge is 0.141 e.